The van der Waals surface area contributed by atoms with Crippen LogP contribution >= 0.6 is 0 Å². The van der Waals surface area contributed by atoms with Gasteiger partial charge in [0, 0.05) is 7.05 Å². The molecule has 0 amide bonds. The van der Waals surface area contributed by atoms with Gasteiger partial charge in [-0.15, -0.1) is 0 Å². The molecule has 0 atom stereocenters. The van der Waals surface area contributed by atoms with E-state index in [4.69, 9.17) is 4.74 Å². The first-order valence-corrected chi connectivity index (χ1v) is 5.70. The average Bonchev–Trinajstić information content (AvgIpc) is 2.71. The van der Waals surface area contributed by atoms with E-state index in [0.717, 1.165) is 12.1 Å². The van der Waals surface area contributed by atoms with E-state index < -0.39 is 17.6 Å². The molecule has 0 radical (unpaired) electrons. The van der Waals surface area contributed by atoms with Crippen LogP contribution in [0, 0.1) is 11.6 Å². The van der Waals surface area contributed by atoms with Crippen molar-refractivity contribution in [1.29, 1.82) is 0 Å². The first-order chi connectivity index (χ1) is 9.04. The van der Waals surface area contributed by atoms with Gasteiger partial charge in [0.1, 0.15) is 17.3 Å². The Balaban J connectivity index is 2.48. The molecule has 0 spiro atoms. The average molecular weight is 266 g/mol. The quantitative estimate of drug-likeness (QED) is 0.802. The van der Waals surface area contributed by atoms with Crippen molar-refractivity contribution in [3.8, 4) is 11.3 Å². The standard InChI is InChI=1S/C13H12F2N2O2/c1-3-19-13(18)11-7-10(16-17(11)2)12-8(14)5-4-6-9(12)15/h4-7H,3H2,1-2H3. The second-order valence-electron chi connectivity index (χ2n) is 3.86. The third-order valence-electron chi connectivity index (χ3n) is 2.58. The first kappa shape index (κ1) is 13.2. The minimum atomic E-state index is -0.728. The topological polar surface area (TPSA) is 44.1 Å². The molecule has 1 heterocycles. The summed E-state index contributed by atoms with van der Waals surface area (Å²) in [4.78, 5) is 11.6. The van der Waals surface area contributed by atoms with Gasteiger partial charge in [-0.3, -0.25) is 4.68 Å². The van der Waals surface area contributed by atoms with Gasteiger partial charge in [0.05, 0.1) is 17.9 Å². The Hall–Kier alpha value is -2.24. The summed E-state index contributed by atoms with van der Waals surface area (Å²) in [5.41, 5.74) is -0.0608. The molecule has 4 nitrogen and oxygen atoms in total. The number of carbonyl (C=O) groups excluding carboxylic acids is 1. The molecule has 0 N–H and O–H groups in total. The van der Waals surface area contributed by atoms with Crippen LogP contribution in [0.25, 0.3) is 11.3 Å². The van der Waals surface area contributed by atoms with Crippen LogP contribution in [0.3, 0.4) is 0 Å². The first-order valence-electron chi connectivity index (χ1n) is 5.70. The fourth-order valence-corrected chi connectivity index (χ4v) is 1.73. The maximum Gasteiger partial charge on any atom is 0.356 e. The minimum absolute atomic E-state index is 0.0566. The molecule has 0 aliphatic rings. The Labute approximate surface area is 108 Å². The van der Waals surface area contributed by atoms with Crippen molar-refractivity contribution in [2.45, 2.75) is 6.92 Å². The summed E-state index contributed by atoms with van der Waals surface area (Å²) in [6.45, 7) is 1.89. The number of hydrogen-bond donors (Lipinski definition) is 0. The van der Waals surface area contributed by atoms with Gasteiger partial charge in [0.15, 0.2) is 0 Å². The molecule has 100 valence electrons. The lowest BCUT2D eigenvalue weighted by molar-refractivity contribution is 0.0513. The Bertz CT molecular complexity index is 603. The van der Waals surface area contributed by atoms with Gasteiger partial charge in [-0.25, -0.2) is 13.6 Å². The van der Waals surface area contributed by atoms with Crippen molar-refractivity contribution in [3.05, 3.63) is 41.6 Å². The van der Waals surface area contributed by atoms with Gasteiger partial charge in [-0.1, -0.05) is 6.07 Å². The van der Waals surface area contributed by atoms with Crippen molar-refractivity contribution in [2.75, 3.05) is 6.61 Å². The zero-order valence-corrected chi connectivity index (χ0v) is 10.5. The fraction of sp³-hybridized carbons (Fsp3) is 0.231. The molecule has 2 rings (SSSR count). The van der Waals surface area contributed by atoms with Gasteiger partial charge < -0.3 is 4.74 Å². The van der Waals surface area contributed by atoms with Crippen LogP contribution in [-0.2, 0) is 11.8 Å². The van der Waals surface area contributed by atoms with Crippen molar-refractivity contribution < 1.29 is 18.3 Å². The highest BCUT2D eigenvalue weighted by atomic mass is 19.1. The molecule has 0 unspecified atom stereocenters. The van der Waals surface area contributed by atoms with E-state index >= 15 is 0 Å². The summed E-state index contributed by atoms with van der Waals surface area (Å²) < 4.78 is 33.3. The molecule has 0 aliphatic heterocycles. The monoisotopic (exact) mass is 266 g/mol. The largest absolute Gasteiger partial charge is 0.461 e. The van der Waals surface area contributed by atoms with Gasteiger partial charge in [-0.05, 0) is 25.1 Å². The van der Waals surface area contributed by atoms with Crippen LogP contribution in [0.1, 0.15) is 17.4 Å². The third-order valence-corrected chi connectivity index (χ3v) is 2.58. The van der Waals surface area contributed by atoms with E-state index in [2.05, 4.69) is 5.10 Å². The number of carbonyl (C=O) groups is 1. The van der Waals surface area contributed by atoms with Gasteiger partial charge in [0.25, 0.3) is 0 Å². The molecule has 0 bridgehead atoms. The molecular weight excluding hydrogens is 254 g/mol. The number of aryl methyl sites for hydroxylation is 1. The molecule has 0 aliphatic carbocycles. The van der Waals surface area contributed by atoms with Gasteiger partial charge in [-0.2, -0.15) is 5.10 Å². The number of ether oxygens (including phenoxy) is 1. The van der Waals surface area contributed by atoms with E-state index in [1.165, 1.54) is 23.9 Å². The molecule has 0 saturated heterocycles. The normalized spacial score (nSPS) is 10.5. The highest BCUT2D eigenvalue weighted by Gasteiger charge is 2.19. The van der Waals surface area contributed by atoms with Crippen LogP contribution in [0.4, 0.5) is 8.78 Å². The van der Waals surface area contributed by atoms with Crippen molar-refractivity contribution in [3.63, 3.8) is 0 Å². The molecule has 2 aromatic rings. The SMILES string of the molecule is CCOC(=O)c1cc(-c2c(F)cccc2F)nn1C. The molecule has 1 aromatic heterocycles. The molecule has 6 heteroatoms. The summed E-state index contributed by atoms with van der Waals surface area (Å²) in [5, 5.41) is 3.94. The number of rotatable bonds is 3. The van der Waals surface area contributed by atoms with E-state index in [0.29, 0.717) is 0 Å². The van der Waals surface area contributed by atoms with E-state index in [9.17, 15) is 13.6 Å². The van der Waals surface area contributed by atoms with Crippen LogP contribution in [-0.4, -0.2) is 22.4 Å². The van der Waals surface area contributed by atoms with Crippen molar-refractivity contribution >= 4 is 5.97 Å². The zero-order chi connectivity index (χ0) is 14.0. The lowest BCUT2D eigenvalue weighted by Gasteiger charge is -2.00. The van der Waals surface area contributed by atoms with Crippen LogP contribution < -0.4 is 0 Å². The van der Waals surface area contributed by atoms with E-state index in [-0.39, 0.29) is 23.6 Å². The van der Waals surface area contributed by atoms with E-state index in [1.54, 1.807) is 6.92 Å². The summed E-state index contributed by atoms with van der Waals surface area (Å²) in [6, 6.07) is 4.84. The number of esters is 1. The number of nitrogens with zero attached hydrogens (tertiary/aromatic N) is 2. The lowest BCUT2D eigenvalue weighted by Crippen LogP contribution is -2.10. The fourth-order valence-electron chi connectivity index (χ4n) is 1.73. The molecule has 1 aromatic carbocycles. The Morgan fingerprint density at radius 3 is 2.58 bits per heavy atom. The smallest absolute Gasteiger partial charge is 0.356 e. The van der Waals surface area contributed by atoms with Gasteiger partial charge in [0.2, 0.25) is 0 Å². The molecule has 0 fully saturated rings. The highest BCUT2D eigenvalue weighted by Crippen LogP contribution is 2.25. The highest BCUT2D eigenvalue weighted by molar-refractivity contribution is 5.89. The summed E-state index contributed by atoms with van der Waals surface area (Å²) in [5.74, 6) is -2.04. The summed E-state index contributed by atoms with van der Waals surface area (Å²) >= 11 is 0. The predicted molar refractivity (Wildman–Crippen MR) is 64.5 cm³/mol. The number of hydrogen-bond acceptors (Lipinski definition) is 3. The van der Waals surface area contributed by atoms with Crippen LogP contribution in [0.15, 0.2) is 24.3 Å². The number of halogens is 2. The van der Waals surface area contributed by atoms with Crippen molar-refractivity contribution in [1.82, 2.24) is 9.78 Å². The minimum Gasteiger partial charge on any atom is -0.461 e. The lowest BCUT2D eigenvalue weighted by atomic mass is 10.1. The van der Waals surface area contributed by atoms with Crippen molar-refractivity contribution in [2.24, 2.45) is 7.05 Å². The molecular formula is C13H12F2N2O2. The van der Waals surface area contributed by atoms with E-state index in [1.807, 2.05) is 0 Å². The summed E-state index contributed by atoms with van der Waals surface area (Å²) in [6.07, 6.45) is 0. The predicted octanol–water partition coefficient (Wildman–Crippen LogP) is 2.54. The second-order valence-corrected chi connectivity index (χ2v) is 3.86. The molecule has 19 heavy (non-hydrogen) atoms. The Kier molecular flexibility index (Phi) is 3.59. The third kappa shape index (κ3) is 2.47. The number of aromatic nitrogens is 2. The Morgan fingerprint density at radius 2 is 2.00 bits per heavy atom. The second kappa shape index (κ2) is 5.17. The zero-order valence-electron chi connectivity index (χ0n) is 10.5. The van der Waals surface area contributed by atoms with Crippen LogP contribution in [0.5, 0.6) is 0 Å². The van der Waals surface area contributed by atoms with Gasteiger partial charge >= 0.3 is 5.97 Å². The maximum atomic E-state index is 13.6. The Morgan fingerprint density at radius 1 is 1.37 bits per heavy atom. The number of benzene rings is 1. The molecule has 0 saturated carbocycles. The maximum absolute atomic E-state index is 13.6. The van der Waals surface area contributed by atoms with Crippen LogP contribution in [0.2, 0.25) is 0 Å². The summed E-state index contributed by atoms with van der Waals surface area (Å²) in [7, 11) is 1.51.